The normalized spacial score (nSPS) is 17.2. The van der Waals surface area contributed by atoms with E-state index in [2.05, 4.69) is 38.0 Å². The lowest BCUT2D eigenvalue weighted by Gasteiger charge is -2.27. The van der Waals surface area contributed by atoms with Gasteiger partial charge in [0.25, 0.3) is 0 Å². The van der Waals surface area contributed by atoms with Crippen molar-refractivity contribution in [1.29, 1.82) is 0 Å². The molecule has 0 radical (unpaired) electrons. The maximum Gasteiger partial charge on any atom is 0.185 e. The van der Waals surface area contributed by atoms with Crippen molar-refractivity contribution in [2.45, 2.75) is 52.1 Å². The lowest BCUT2D eigenvalue weighted by atomic mass is 10.1. The van der Waals surface area contributed by atoms with Crippen molar-refractivity contribution in [1.82, 2.24) is 10.3 Å². The first-order chi connectivity index (χ1) is 8.54. The molecule has 1 saturated carbocycles. The van der Waals surface area contributed by atoms with Crippen LogP contribution in [0.25, 0.3) is 0 Å². The van der Waals surface area contributed by atoms with Gasteiger partial charge in [0.05, 0.1) is 5.69 Å². The highest BCUT2D eigenvalue weighted by Gasteiger charge is 2.30. The summed E-state index contributed by atoms with van der Waals surface area (Å²) >= 11 is 1.86. The average Bonchev–Trinajstić information content (AvgIpc) is 3.09. The molecule has 1 aromatic rings. The fourth-order valence-electron chi connectivity index (χ4n) is 2.09. The Kier molecular flexibility index (Phi) is 4.28. The first kappa shape index (κ1) is 13.8. The van der Waals surface area contributed by atoms with Crippen molar-refractivity contribution in [2.75, 3.05) is 19.0 Å². The first-order valence-electron chi connectivity index (χ1n) is 6.91. The van der Waals surface area contributed by atoms with Gasteiger partial charge in [0.1, 0.15) is 0 Å². The molecule has 1 aliphatic carbocycles. The number of nitrogens with one attached hydrogen (secondary N) is 1. The predicted molar refractivity (Wildman–Crippen MR) is 79.6 cm³/mol. The van der Waals surface area contributed by atoms with Crippen molar-refractivity contribution in [2.24, 2.45) is 5.92 Å². The SMILES string of the molecule is CNCc1sc(N(C)C(C)C(C)C)nc1C1CC1. The Balaban J connectivity index is 2.20. The third-order valence-electron chi connectivity index (χ3n) is 3.90. The lowest BCUT2D eigenvalue weighted by molar-refractivity contribution is 0.505. The summed E-state index contributed by atoms with van der Waals surface area (Å²) < 4.78 is 0. The van der Waals surface area contributed by atoms with E-state index in [-0.39, 0.29) is 0 Å². The van der Waals surface area contributed by atoms with Gasteiger partial charge in [0.15, 0.2) is 5.13 Å². The van der Waals surface area contributed by atoms with Gasteiger partial charge in [-0.1, -0.05) is 13.8 Å². The first-order valence-corrected chi connectivity index (χ1v) is 7.73. The van der Waals surface area contributed by atoms with Crippen molar-refractivity contribution in [3.8, 4) is 0 Å². The fourth-order valence-corrected chi connectivity index (χ4v) is 3.29. The largest absolute Gasteiger partial charge is 0.348 e. The second-order valence-electron chi connectivity index (χ2n) is 5.70. The minimum atomic E-state index is 0.533. The zero-order valence-electron chi connectivity index (χ0n) is 12.2. The van der Waals surface area contributed by atoms with Gasteiger partial charge in [-0.15, -0.1) is 11.3 Å². The van der Waals surface area contributed by atoms with Gasteiger partial charge in [0, 0.05) is 30.4 Å². The second-order valence-corrected chi connectivity index (χ2v) is 6.77. The number of thiazole rings is 1. The Bertz CT molecular complexity index is 396. The number of hydrogen-bond donors (Lipinski definition) is 1. The number of rotatable bonds is 6. The molecular formula is C14H25N3S. The van der Waals surface area contributed by atoms with Crippen molar-refractivity contribution < 1.29 is 0 Å². The summed E-state index contributed by atoms with van der Waals surface area (Å²) in [6.45, 7) is 7.77. The molecule has 1 atom stereocenters. The summed E-state index contributed by atoms with van der Waals surface area (Å²) in [5.74, 6) is 1.39. The molecule has 1 aromatic heterocycles. The molecule has 0 aromatic carbocycles. The Labute approximate surface area is 115 Å². The molecule has 0 saturated heterocycles. The molecule has 4 heteroatoms. The smallest absolute Gasteiger partial charge is 0.185 e. The summed E-state index contributed by atoms with van der Waals surface area (Å²) in [4.78, 5) is 8.66. The van der Waals surface area contributed by atoms with Gasteiger partial charge in [-0.05, 0) is 32.7 Å². The molecule has 18 heavy (non-hydrogen) atoms. The van der Waals surface area contributed by atoms with E-state index in [1.54, 1.807) is 0 Å². The fraction of sp³-hybridized carbons (Fsp3) is 0.786. The van der Waals surface area contributed by atoms with Crippen LogP contribution in [-0.4, -0.2) is 25.1 Å². The van der Waals surface area contributed by atoms with Crippen LogP contribution in [0.3, 0.4) is 0 Å². The highest BCUT2D eigenvalue weighted by Crippen LogP contribution is 2.44. The number of aromatic nitrogens is 1. The second kappa shape index (κ2) is 5.57. The zero-order valence-corrected chi connectivity index (χ0v) is 13.0. The molecule has 1 heterocycles. The van der Waals surface area contributed by atoms with Crippen LogP contribution in [0, 0.1) is 5.92 Å². The van der Waals surface area contributed by atoms with Gasteiger partial charge < -0.3 is 10.2 Å². The summed E-state index contributed by atoms with van der Waals surface area (Å²) in [6, 6.07) is 0.533. The molecule has 1 unspecified atom stereocenters. The summed E-state index contributed by atoms with van der Waals surface area (Å²) in [5, 5.41) is 4.45. The van der Waals surface area contributed by atoms with Crippen LogP contribution < -0.4 is 10.2 Å². The standard InChI is InChI=1S/C14H25N3S/c1-9(2)10(3)17(5)14-16-13(11-6-7-11)12(18-14)8-15-4/h9-11,15H,6-8H2,1-5H3. The summed E-state index contributed by atoms with van der Waals surface area (Å²) in [6.07, 6.45) is 2.65. The third-order valence-corrected chi connectivity index (χ3v) is 5.06. The molecule has 1 N–H and O–H groups in total. The maximum absolute atomic E-state index is 4.90. The maximum atomic E-state index is 4.90. The van der Waals surface area contributed by atoms with E-state index in [1.165, 1.54) is 28.5 Å². The van der Waals surface area contributed by atoms with E-state index < -0.39 is 0 Å². The van der Waals surface area contributed by atoms with E-state index in [0.717, 1.165) is 12.5 Å². The monoisotopic (exact) mass is 267 g/mol. The van der Waals surface area contributed by atoms with E-state index in [1.807, 2.05) is 18.4 Å². The minimum absolute atomic E-state index is 0.533. The Hall–Kier alpha value is -0.610. The zero-order chi connectivity index (χ0) is 13.3. The molecule has 1 fully saturated rings. The van der Waals surface area contributed by atoms with E-state index in [9.17, 15) is 0 Å². The van der Waals surface area contributed by atoms with Crippen LogP contribution in [0.15, 0.2) is 0 Å². The van der Waals surface area contributed by atoms with Crippen molar-refractivity contribution in [3.63, 3.8) is 0 Å². The van der Waals surface area contributed by atoms with Crippen molar-refractivity contribution in [3.05, 3.63) is 10.6 Å². The number of anilines is 1. The van der Waals surface area contributed by atoms with Gasteiger partial charge in [-0.25, -0.2) is 4.98 Å². The highest BCUT2D eigenvalue weighted by molar-refractivity contribution is 7.15. The third kappa shape index (κ3) is 2.86. The number of nitrogens with zero attached hydrogens (tertiary/aromatic N) is 2. The van der Waals surface area contributed by atoms with E-state index >= 15 is 0 Å². The highest BCUT2D eigenvalue weighted by atomic mass is 32.1. The molecule has 0 spiro atoms. The van der Waals surface area contributed by atoms with E-state index in [0.29, 0.717) is 12.0 Å². The molecule has 0 bridgehead atoms. The lowest BCUT2D eigenvalue weighted by Crippen LogP contribution is -2.33. The minimum Gasteiger partial charge on any atom is -0.348 e. The molecule has 2 rings (SSSR count). The van der Waals surface area contributed by atoms with Gasteiger partial charge >= 0.3 is 0 Å². The molecular weight excluding hydrogens is 242 g/mol. The number of hydrogen-bond acceptors (Lipinski definition) is 4. The Morgan fingerprint density at radius 3 is 2.56 bits per heavy atom. The summed E-state index contributed by atoms with van der Waals surface area (Å²) in [5.41, 5.74) is 1.35. The molecule has 3 nitrogen and oxygen atoms in total. The van der Waals surface area contributed by atoms with Crippen molar-refractivity contribution >= 4 is 16.5 Å². The van der Waals surface area contributed by atoms with Crippen LogP contribution in [0.4, 0.5) is 5.13 Å². The average molecular weight is 267 g/mol. The molecule has 0 aliphatic heterocycles. The van der Waals surface area contributed by atoms with Crippen LogP contribution in [-0.2, 0) is 6.54 Å². The Morgan fingerprint density at radius 2 is 2.06 bits per heavy atom. The molecule has 0 amide bonds. The molecule has 102 valence electrons. The van der Waals surface area contributed by atoms with Gasteiger partial charge in [-0.2, -0.15) is 0 Å². The summed E-state index contributed by atoms with van der Waals surface area (Å²) in [7, 11) is 4.18. The molecule has 1 aliphatic rings. The van der Waals surface area contributed by atoms with Crippen LogP contribution in [0.2, 0.25) is 0 Å². The quantitative estimate of drug-likeness (QED) is 0.858. The van der Waals surface area contributed by atoms with Crippen LogP contribution in [0.5, 0.6) is 0 Å². The van der Waals surface area contributed by atoms with Gasteiger partial charge in [0.2, 0.25) is 0 Å². The Morgan fingerprint density at radius 1 is 1.39 bits per heavy atom. The van der Waals surface area contributed by atoms with Gasteiger partial charge in [-0.3, -0.25) is 0 Å². The predicted octanol–water partition coefficient (Wildman–Crippen LogP) is 3.22. The van der Waals surface area contributed by atoms with Crippen LogP contribution >= 0.6 is 11.3 Å². The van der Waals surface area contributed by atoms with Crippen LogP contribution in [0.1, 0.15) is 50.1 Å². The topological polar surface area (TPSA) is 28.2 Å². The van der Waals surface area contributed by atoms with E-state index in [4.69, 9.17) is 4.98 Å².